The zero-order chi connectivity index (χ0) is 18.1. The molecule has 2 aromatic rings. The molecule has 0 saturated carbocycles. The minimum atomic E-state index is -0.993. The van der Waals surface area contributed by atoms with Gasteiger partial charge in [-0.25, -0.2) is 4.79 Å². The molecule has 0 saturated heterocycles. The van der Waals surface area contributed by atoms with E-state index < -0.39 is 12.0 Å². The molecule has 2 N–H and O–H groups in total. The molecule has 0 fully saturated rings. The summed E-state index contributed by atoms with van der Waals surface area (Å²) in [6.45, 7) is 2.15. The normalized spacial score (nSPS) is 12.0. The summed E-state index contributed by atoms with van der Waals surface area (Å²) in [5.41, 5.74) is 0.939. The molecule has 0 aromatic heterocycles. The number of carbonyl (C=O) groups is 2. The number of carbonyl (C=O) groups excluding carboxylic acids is 1. The highest BCUT2D eigenvalue weighted by atomic mass is 16.4. The van der Waals surface area contributed by atoms with Crippen LogP contribution in [0.2, 0.25) is 0 Å². The van der Waals surface area contributed by atoms with E-state index in [1.165, 1.54) is 6.42 Å². The van der Waals surface area contributed by atoms with E-state index in [0.717, 1.165) is 42.0 Å². The Kier molecular flexibility index (Phi) is 7.45. The highest BCUT2D eigenvalue weighted by Gasteiger charge is 2.21. The quantitative estimate of drug-likeness (QED) is 0.633. The number of hydrogen-bond acceptors (Lipinski definition) is 2. The molecule has 4 heteroatoms. The van der Waals surface area contributed by atoms with Crippen LogP contribution in [0.3, 0.4) is 0 Å². The van der Waals surface area contributed by atoms with Crippen LogP contribution < -0.4 is 5.32 Å². The van der Waals surface area contributed by atoms with Gasteiger partial charge in [-0.15, -0.1) is 0 Å². The fraction of sp³-hybridized carbons (Fsp3) is 0.429. The van der Waals surface area contributed by atoms with E-state index in [-0.39, 0.29) is 12.3 Å². The highest BCUT2D eigenvalue weighted by molar-refractivity contribution is 5.88. The molecule has 1 atom stereocenters. The van der Waals surface area contributed by atoms with Crippen molar-refractivity contribution in [2.24, 2.45) is 0 Å². The Labute approximate surface area is 149 Å². The first kappa shape index (κ1) is 19.0. The van der Waals surface area contributed by atoms with Crippen molar-refractivity contribution < 1.29 is 14.7 Å². The highest BCUT2D eigenvalue weighted by Crippen LogP contribution is 2.20. The number of benzene rings is 2. The molecule has 2 aromatic carbocycles. The van der Waals surface area contributed by atoms with E-state index in [1.807, 2.05) is 42.5 Å². The largest absolute Gasteiger partial charge is 0.480 e. The number of hydrogen-bond donors (Lipinski definition) is 2. The minimum Gasteiger partial charge on any atom is -0.480 e. The van der Waals surface area contributed by atoms with E-state index >= 15 is 0 Å². The van der Waals surface area contributed by atoms with Crippen LogP contribution in [0.25, 0.3) is 10.8 Å². The smallest absolute Gasteiger partial charge is 0.326 e. The first-order valence-electron chi connectivity index (χ1n) is 9.10. The molecule has 4 nitrogen and oxygen atoms in total. The van der Waals surface area contributed by atoms with Gasteiger partial charge in [0.1, 0.15) is 6.04 Å². The second kappa shape index (κ2) is 9.82. The molecular weight excluding hydrogens is 314 g/mol. The van der Waals surface area contributed by atoms with Gasteiger partial charge in [-0.05, 0) is 22.8 Å². The number of fused-ring (bicyclic) bond motifs is 1. The molecule has 0 heterocycles. The summed E-state index contributed by atoms with van der Waals surface area (Å²) >= 11 is 0. The van der Waals surface area contributed by atoms with E-state index in [1.54, 1.807) is 0 Å². The summed E-state index contributed by atoms with van der Waals surface area (Å²) in [6.07, 6.45) is 5.98. The molecule has 1 unspecified atom stereocenters. The van der Waals surface area contributed by atoms with Crippen LogP contribution in [0.15, 0.2) is 42.5 Å². The van der Waals surface area contributed by atoms with Crippen LogP contribution in [0.1, 0.15) is 51.0 Å². The molecule has 0 radical (unpaired) electrons. The first-order valence-corrected chi connectivity index (χ1v) is 9.10. The summed E-state index contributed by atoms with van der Waals surface area (Å²) in [5.74, 6) is -1.17. The average Bonchev–Trinajstić information content (AvgIpc) is 2.61. The van der Waals surface area contributed by atoms with Crippen molar-refractivity contribution in [2.45, 2.75) is 57.9 Å². The standard InChI is InChI=1S/C21H27NO3/c1-2-3-4-5-6-14-20(23)22-19(21(24)25)15-17-12-9-11-16-10-7-8-13-18(16)17/h7-13,19H,2-6,14-15H2,1H3,(H,22,23)(H,24,25). The summed E-state index contributed by atoms with van der Waals surface area (Å²) in [4.78, 5) is 23.6. The van der Waals surface area contributed by atoms with Crippen molar-refractivity contribution in [2.75, 3.05) is 0 Å². The molecule has 2 rings (SSSR count). The summed E-state index contributed by atoms with van der Waals surface area (Å²) in [6, 6.07) is 12.8. The maximum Gasteiger partial charge on any atom is 0.326 e. The van der Waals surface area contributed by atoms with Gasteiger partial charge in [0.05, 0.1) is 0 Å². The number of amides is 1. The Morgan fingerprint density at radius 1 is 1.00 bits per heavy atom. The maximum atomic E-state index is 12.1. The maximum absolute atomic E-state index is 12.1. The number of carboxylic acid groups (broad SMARTS) is 1. The van der Waals surface area contributed by atoms with Crippen LogP contribution in [-0.4, -0.2) is 23.0 Å². The molecular formula is C21H27NO3. The van der Waals surface area contributed by atoms with Crippen molar-refractivity contribution in [3.05, 3.63) is 48.0 Å². The lowest BCUT2D eigenvalue weighted by molar-refractivity contribution is -0.141. The van der Waals surface area contributed by atoms with Gasteiger partial charge < -0.3 is 10.4 Å². The van der Waals surface area contributed by atoms with E-state index in [9.17, 15) is 14.7 Å². The SMILES string of the molecule is CCCCCCCC(=O)NC(Cc1cccc2ccccc12)C(=O)O. The third kappa shape index (κ3) is 5.89. The molecule has 0 bridgehead atoms. The predicted octanol–water partition coefficient (Wildman–Crippen LogP) is 4.31. The lowest BCUT2D eigenvalue weighted by Crippen LogP contribution is -2.42. The first-order chi connectivity index (χ1) is 12.1. The number of nitrogens with one attached hydrogen (secondary N) is 1. The van der Waals surface area contributed by atoms with Crippen LogP contribution in [0.4, 0.5) is 0 Å². The van der Waals surface area contributed by atoms with E-state index in [0.29, 0.717) is 6.42 Å². The van der Waals surface area contributed by atoms with Gasteiger partial charge in [-0.3, -0.25) is 4.79 Å². The minimum absolute atomic E-state index is 0.177. The van der Waals surface area contributed by atoms with Crippen LogP contribution >= 0.6 is 0 Å². The molecule has 0 spiro atoms. The summed E-state index contributed by atoms with van der Waals surface area (Å²) in [7, 11) is 0. The Hall–Kier alpha value is -2.36. The third-order valence-corrected chi connectivity index (χ3v) is 4.44. The van der Waals surface area contributed by atoms with E-state index in [2.05, 4.69) is 12.2 Å². The second-order valence-corrected chi connectivity index (χ2v) is 6.46. The van der Waals surface area contributed by atoms with Gasteiger partial charge >= 0.3 is 5.97 Å². The topological polar surface area (TPSA) is 66.4 Å². The lowest BCUT2D eigenvalue weighted by atomic mass is 9.98. The fourth-order valence-electron chi connectivity index (χ4n) is 3.05. The third-order valence-electron chi connectivity index (χ3n) is 4.44. The molecule has 0 aliphatic carbocycles. The van der Waals surface area contributed by atoms with Gasteiger partial charge in [-0.2, -0.15) is 0 Å². The monoisotopic (exact) mass is 341 g/mol. The van der Waals surface area contributed by atoms with Crippen molar-refractivity contribution >= 4 is 22.6 Å². The van der Waals surface area contributed by atoms with Crippen LogP contribution in [0.5, 0.6) is 0 Å². The van der Waals surface area contributed by atoms with Crippen molar-refractivity contribution in [3.8, 4) is 0 Å². The molecule has 0 aliphatic heterocycles. The van der Waals surface area contributed by atoms with Crippen molar-refractivity contribution in [1.82, 2.24) is 5.32 Å². The zero-order valence-electron chi connectivity index (χ0n) is 14.8. The predicted molar refractivity (Wildman–Crippen MR) is 101 cm³/mol. The van der Waals surface area contributed by atoms with E-state index in [4.69, 9.17) is 0 Å². The van der Waals surface area contributed by atoms with Gasteiger partial charge in [0.2, 0.25) is 5.91 Å². The summed E-state index contributed by atoms with van der Waals surface area (Å²) < 4.78 is 0. The number of aliphatic carboxylic acids is 1. The molecule has 1 amide bonds. The van der Waals surface area contributed by atoms with Crippen molar-refractivity contribution in [1.29, 1.82) is 0 Å². The average molecular weight is 341 g/mol. The molecule has 25 heavy (non-hydrogen) atoms. The summed E-state index contributed by atoms with van der Waals surface area (Å²) in [5, 5.41) is 14.3. The van der Waals surface area contributed by atoms with Gasteiger partial charge in [-0.1, -0.05) is 75.1 Å². The Morgan fingerprint density at radius 3 is 2.48 bits per heavy atom. The second-order valence-electron chi connectivity index (χ2n) is 6.46. The number of rotatable bonds is 10. The number of unbranched alkanes of at least 4 members (excludes halogenated alkanes) is 4. The van der Waals surface area contributed by atoms with Crippen molar-refractivity contribution in [3.63, 3.8) is 0 Å². The number of carboxylic acids is 1. The molecule has 0 aliphatic rings. The van der Waals surface area contributed by atoms with Crippen LogP contribution in [0, 0.1) is 0 Å². The Morgan fingerprint density at radius 2 is 1.72 bits per heavy atom. The lowest BCUT2D eigenvalue weighted by Gasteiger charge is -2.16. The van der Waals surface area contributed by atoms with Gasteiger partial charge in [0.15, 0.2) is 0 Å². The fourth-order valence-corrected chi connectivity index (χ4v) is 3.05. The Balaban J connectivity index is 1.96. The molecule has 134 valence electrons. The van der Waals surface area contributed by atoms with Crippen LogP contribution in [-0.2, 0) is 16.0 Å². The Bertz CT molecular complexity index is 706. The zero-order valence-corrected chi connectivity index (χ0v) is 14.8. The van der Waals surface area contributed by atoms with Gasteiger partial charge in [0, 0.05) is 12.8 Å². The van der Waals surface area contributed by atoms with Gasteiger partial charge in [0.25, 0.3) is 0 Å².